The molecule has 2 unspecified atom stereocenters. The van der Waals surface area contributed by atoms with Gasteiger partial charge in [-0.2, -0.15) is 0 Å². The van der Waals surface area contributed by atoms with Gasteiger partial charge in [0.25, 0.3) is 0 Å². The van der Waals surface area contributed by atoms with Gasteiger partial charge < -0.3 is 33.8 Å². The van der Waals surface area contributed by atoms with E-state index in [2.05, 4.69) is 34.6 Å². The van der Waals surface area contributed by atoms with E-state index in [1.807, 2.05) is 0 Å². The zero-order valence-electron chi connectivity index (χ0n) is 53.3. The first-order valence-corrected chi connectivity index (χ1v) is 36.6. The molecular formula is C64H124O17P2. The number of carbonyl (C=O) groups excluding carboxylic acids is 4. The minimum absolute atomic E-state index is 0.102. The lowest BCUT2D eigenvalue weighted by Gasteiger charge is -2.21. The number of aliphatic hydroxyl groups is 1. The minimum atomic E-state index is -4.94. The Hall–Kier alpha value is -1.94. The number of phosphoric acid groups is 2. The van der Waals surface area contributed by atoms with Crippen LogP contribution in [0.4, 0.5) is 0 Å². The van der Waals surface area contributed by atoms with Crippen LogP contribution in [0.25, 0.3) is 0 Å². The number of ether oxygens (including phenoxy) is 4. The molecule has 5 atom stereocenters. The second-order valence-corrected chi connectivity index (χ2v) is 26.5. The highest BCUT2D eigenvalue weighted by Gasteiger charge is 2.30. The molecular weight excluding hydrogens is 1100 g/mol. The summed E-state index contributed by atoms with van der Waals surface area (Å²) in [7, 11) is -9.88. The van der Waals surface area contributed by atoms with Gasteiger partial charge in [-0.15, -0.1) is 0 Å². The number of esters is 4. The molecule has 0 aromatic heterocycles. The summed E-state index contributed by atoms with van der Waals surface area (Å²) in [6, 6.07) is 0. The van der Waals surface area contributed by atoms with Crippen molar-refractivity contribution < 1.29 is 80.2 Å². The number of rotatable bonds is 64. The molecule has 17 nitrogen and oxygen atoms in total. The third-order valence-electron chi connectivity index (χ3n) is 14.8. The molecule has 0 aromatic carbocycles. The number of hydrogen-bond acceptors (Lipinski definition) is 15. The van der Waals surface area contributed by atoms with Crippen LogP contribution < -0.4 is 0 Å². The van der Waals surface area contributed by atoms with Crippen LogP contribution in [0.5, 0.6) is 0 Å². The standard InChI is InChI=1S/C64H124O17P2/c1-6-9-12-15-18-20-22-23-24-25-26-28-30-33-39-44-49-63(68)80-59(54-75-62(67)48-43-38-32-29-27-21-19-16-13-10-7-2)55-78-82(70,71)76-51-58(65)52-77-83(72,73)79-56-60(53-74-61(66)47-42-37-31-17-14-11-8-3)81-64(69)50-45-40-35-34-36-41-46-57(4)5/h57-60,65H,6-56H2,1-5H3,(H,70,71)(H,72,73)/t58-,59-,60-/m1/s1. The fraction of sp³-hybridized carbons (Fsp3) is 0.938. The van der Waals surface area contributed by atoms with Crippen LogP contribution in [0.15, 0.2) is 0 Å². The van der Waals surface area contributed by atoms with Crippen LogP contribution >= 0.6 is 15.6 Å². The van der Waals surface area contributed by atoms with Gasteiger partial charge >= 0.3 is 39.5 Å². The van der Waals surface area contributed by atoms with Gasteiger partial charge in [0.05, 0.1) is 26.4 Å². The summed E-state index contributed by atoms with van der Waals surface area (Å²) in [5, 5.41) is 10.5. The maximum Gasteiger partial charge on any atom is 0.472 e. The fourth-order valence-corrected chi connectivity index (χ4v) is 11.2. The molecule has 0 fully saturated rings. The van der Waals surface area contributed by atoms with Gasteiger partial charge in [-0.3, -0.25) is 37.3 Å². The van der Waals surface area contributed by atoms with Crippen molar-refractivity contribution in [2.75, 3.05) is 39.6 Å². The van der Waals surface area contributed by atoms with Crippen molar-refractivity contribution in [3.8, 4) is 0 Å². The van der Waals surface area contributed by atoms with Gasteiger partial charge in [0, 0.05) is 25.7 Å². The molecule has 492 valence electrons. The van der Waals surface area contributed by atoms with Gasteiger partial charge in [-0.05, 0) is 31.6 Å². The van der Waals surface area contributed by atoms with Gasteiger partial charge in [0.1, 0.15) is 19.3 Å². The van der Waals surface area contributed by atoms with E-state index in [1.165, 1.54) is 135 Å². The Morgan fingerprint density at radius 2 is 0.554 bits per heavy atom. The lowest BCUT2D eigenvalue weighted by Crippen LogP contribution is -2.30. The third-order valence-corrected chi connectivity index (χ3v) is 16.7. The molecule has 3 N–H and O–H groups in total. The number of aliphatic hydroxyl groups excluding tert-OH is 1. The summed E-state index contributed by atoms with van der Waals surface area (Å²) in [4.78, 5) is 72.1. The first-order valence-electron chi connectivity index (χ1n) is 33.6. The fourth-order valence-electron chi connectivity index (χ4n) is 9.58. The van der Waals surface area contributed by atoms with Crippen LogP contribution in [0.2, 0.25) is 0 Å². The summed E-state index contributed by atoms with van der Waals surface area (Å²) in [6.07, 6.45) is 41.9. The molecule has 0 aliphatic heterocycles. The Bertz CT molecular complexity index is 1620. The highest BCUT2D eigenvalue weighted by molar-refractivity contribution is 7.47. The van der Waals surface area contributed by atoms with Gasteiger partial charge in [0.15, 0.2) is 12.2 Å². The first kappa shape index (κ1) is 81.1. The van der Waals surface area contributed by atoms with Crippen molar-refractivity contribution >= 4 is 39.5 Å². The van der Waals surface area contributed by atoms with E-state index in [4.69, 9.17) is 37.0 Å². The second kappa shape index (κ2) is 57.8. The minimum Gasteiger partial charge on any atom is -0.462 e. The van der Waals surface area contributed by atoms with Crippen molar-refractivity contribution in [2.24, 2.45) is 5.92 Å². The average molecular weight is 1230 g/mol. The summed E-state index contributed by atoms with van der Waals surface area (Å²) in [5.41, 5.74) is 0. The van der Waals surface area contributed by atoms with Crippen molar-refractivity contribution in [3.63, 3.8) is 0 Å². The van der Waals surface area contributed by atoms with E-state index in [-0.39, 0.29) is 25.7 Å². The molecule has 0 radical (unpaired) electrons. The van der Waals surface area contributed by atoms with Crippen molar-refractivity contribution in [2.45, 2.75) is 342 Å². The quantitative estimate of drug-likeness (QED) is 0.0222. The van der Waals surface area contributed by atoms with Crippen molar-refractivity contribution in [1.82, 2.24) is 0 Å². The Morgan fingerprint density at radius 1 is 0.325 bits per heavy atom. The lowest BCUT2D eigenvalue weighted by atomic mass is 10.0. The molecule has 0 rings (SSSR count). The molecule has 0 heterocycles. The first-order chi connectivity index (χ1) is 40.0. The molecule has 0 aliphatic carbocycles. The van der Waals surface area contributed by atoms with Crippen LogP contribution in [0, 0.1) is 5.92 Å². The third kappa shape index (κ3) is 58.8. The predicted octanol–water partition coefficient (Wildman–Crippen LogP) is 17.8. The molecule has 0 bridgehead atoms. The number of phosphoric ester groups is 2. The maximum atomic E-state index is 13.0. The molecule has 0 saturated heterocycles. The summed E-state index contributed by atoms with van der Waals surface area (Å²) in [5.74, 6) is -1.47. The lowest BCUT2D eigenvalue weighted by molar-refractivity contribution is -0.161. The Balaban J connectivity index is 5.19. The van der Waals surface area contributed by atoms with Gasteiger partial charge in [0.2, 0.25) is 0 Å². The molecule has 0 aromatic rings. The Labute approximate surface area is 505 Å². The highest BCUT2D eigenvalue weighted by atomic mass is 31.2. The van der Waals surface area contributed by atoms with Gasteiger partial charge in [-0.1, -0.05) is 272 Å². The molecule has 0 saturated carbocycles. The molecule has 0 spiro atoms. The van der Waals surface area contributed by atoms with E-state index in [1.54, 1.807) is 0 Å². The topological polar surface area (TPSA) is 237 Å². The monoisotopic (exact) mass is 1230 g/mol. The van der Waals surface area contributed by atoms with E-state index < -0.39 is 97.5 Å². The predicted molar refractivity (Wildman–Crippen MR) is 331 cm³/mol. The molecule has 19 heteroatoms. The Morgan fingerprint density at radius 3 is 0.819 bits per heavy atom. The summed E-state index contributed by atoms with van der Waals surface area (Å²) in [6.45, 7) is 7.06. The zero-order valence-corrected chi connectivity index (χ0v) is 55.1. The average Bonchev–Trinajstić information content (AvgIpc) is 3.47. The van der Waals surface area contributed by atoms with E-state index in [9.17, 15) is 43.2 Å². The summed E-state index contributed by atoms with van der Waals surface area (Å²) >= 11 is 0. The molecule has 0 amide bonds. The number of hydrogen-bond donors (Lipinski definition) is 3. The Kier molecular flexibility index (Phi) is 56.4. The van der Waals surface area contributed by atoms with E-state index in [0.29, 0.717) is 31.6 Å². The zero-order chi connectivity index (χ0) is 61.3. The maximum absolute atomic E-state index is 13.0. The summed E-state index contributed by atoms with van der Waals surface area (Å²) < 4.78 is 67.9. The van der Waals surface area contributed by atoms with Crippen LogP contribution in [-0.2, 0) is 65.4 Å². The SMILES string of the molecule is CCCCCCCCCCCCCCCCCCC(=O)O[C@H](COC(=O)CCCCCCCCCCCCC)COP(=O)(O)OC[C@@H](O)COP(=O)(O)OC[C@@H](COC(=O)CCCCCCCCC)OC(=O)CCCCCCCCC(C)C. The van der Waals surface area contributed by atoms with Crippen LogP contribution in [0.3, 0.4) is 0 Å². The van der Waals surface area contributed by atoms with E-state index >= 15 is 0 Å². The number of carbonyl (C=O) groups is 4. The van der Waals surface area contributed by atoms with Crippen LogP contribution in [-0.4, -0.2) is 96.7 Å². The highest BCUT2D eigenvalue weighted by Crippen LogP contribution is 2.45. The smallest absolute Gasteiger partial charge is 0.462 e. The largest absolute Gasteiger partial charge is 0.472 e. The van der Waals surface area contributed by atoms with Crippen LogP contribution in [0.1, 0.15) is 324 Å². The van der Waals surface area contributed by atoms with Crippen molar-refractivity contribution in [3.05, 3.63) is 0 Å². The van der Waals surface area contributed by atoms with Crippen molar-refractivity contribution in [1.29, 1.82) is 0 Å². The second-order valence-electron chi connectivity index (χ2n) is 23.6. The van der Waals surface area contributed by atoms with Gasteiger partial charge in [-0.25, -0.2) is 9.13 Å². The number of unbranched alkanes of at least 4 members (excludes halogenated alkanes) is 36. The van der Waals surface area contributed by atoms with E-state index in [0.717, 1.165) is 103 Å². The molecule has 0 aliphatic rings. The molecule has 83 heavy (non-hydrogen) atoms. The normalized spacial score (nSPS) is 14.2.